The maximum Gasteiger partial charge on any atom is 0.311 e. The molecular formula is C6H4N4O2. The molecule has 0 saturated carbocycles. The summed E-state index contributed by atoms with van der Waals surface area (Å²) < 4.78 is 0. The number of nitrogens with zero attached hydrogens (tertiary/aromatic N) is 3. The first-order valence-electron chi connectivity index (χ1n) is 2.94. The number of pyridine rings is 1. The van der Waals surface area contributed by atoms with Crippen LogP contribution in [-0.2, 0) is 0 Å². The second kappa shape index (κ2) is 2.84. The Labute approximate surface area is 67.4 Å². The SMILES string of the molecule is N#Cc1cncc([N+](=O)[O-])c1N. The van der Waals surface area contributed by atoms with E-state index in [9.17, 15) is 10.1 Å². The van der Waals surface area contributed by atoms with Crippen LogP contribution in [0.3, 0.4) is 0 Å². The molecule has 0 spiro atoms. The topological polar surface area (TPSA) is 106 Å². The van der Waals surface area contributed by atoms with Gasteiger partial charge in [0.25, 0.3) is 0 Å². The van der Waals surface area contributed by atoms with Crippen molar-refractivity contribution in [3.63, 3.8) is 0 Å². The number of nitrogens with two attached hydrogens (primary N) is 1. The third kappa shape index (κ3) is 1.15. The molecule has 6 nitrogen and oxygen atoms in total. The molecule has 0 radical (unpaired) electrons. The first-order valence-corrected chi connectivity index (χ1v) is 2.94. The minimum absolute atomic E-state index is 0.0178. The van der Waals surface area contributed by atoms with Crippen molar-refractivity contribution in [2.45, 2.75) is 0 Å². The number of hydrogen-bond donors (Lipinski definition) is 1. The van der Waals surface area contributed by atoms with Gasteiger partial charge < -0.3 is 5.73 Å². The fourth-order valence-corrected chi connectivity index (χ4v) is 0.694. The van der Waals surface area contributed by atoms with E-state index in [1.165, 1.54) is 6.20 Å². The largest absolute Gasteiger partial charge is 0.392 e. The van der Waals surface area contributed by atoms with Gasteiger partial charge in [-0.3, -0.25) is 15.1 Å². The fraction of sp³-hybridized carbons (Fsp3) is 0. The van der Waals surface area contributed by atoms with Gasteiger partial charge >= 0.3 is 5.69 Å². The summed E-state index contributed by atoms with van der Waals surface area (Å²) in [5, 5.41) is 18.7. The van der Waals surface area contributed by atoms with Gasteiger partial charge in [0.2, 0.25) is 0 Å². The van der Waals surface area contributed by atoms with Gasteiger partial charge in [-0.05, 0) is 0 Å². The lowest BCUT2D eigenvalue weighted by Crippen LogP contribution is -1.98. The van der Waals surface area contributed by atoms with Gasteiger partial charge in [-0.2, -0.15) is 5.26 Å². The second-order valence-corrected chi connectivity index (χ2v) is 1.99. The molecule has 0 bridgehead atoms. The Bertz CT molecular complexity index is 368. The molecule has 0 amide bonds. The molecule has 1 rings (SSSR count). The predicted octanol–water partition coefficient (Wildman–Crippen LogP) is 0.444. The van der Waals surface area contributed by atoms with Gasteiger partial charge in [-0.25, -0.2) is 0 Å². The smallest absolute Gasteiger partial charge is 0.311 e. The summed E-state index contributed by atoms with van der Waals surface area (Å²) in [5.41, 5.74) is 4.83. The summed E-state index contributed by atoms with van der Waals surface area (Å²) in [6, 6.07) is 1.70. The van der Waals surface area contributed by atoms with E-state index in [0.29, 0.717) is 0 Å². The van der Waals surface area contributed by atoms with E-state index in [4.69, 9.17) is 11.0 Å². The minimum Gasteiger partial charge on any atom is -0.392 e. The summed E-state index contributed by atoms with van der Waals surface area (Å²) in [5.74, 6) is 0. The van der Waals surface area contributed by atoms with Gasteiger partial charge in [-0.15, -0.1) is 0 Å². The Morgan fingerprint density at radius 2 is 2.33 bits per heavy atom. The minimum atomic E-state index is -0.677. The van der Waals surface area contributed by atoms with Crippen LogP contribution in [0.4, 0.5) is 11.4 Å². The van der Waals surface area contributed by atoms with Crippen molar-refractivity contribution in [1.82, 2.24) is 4.98 Å². The molecule has 1 heterocycles. The molecular weight excluding hydrogens is 160 g/mol. The van der Waals surface area contributed by atoms with E-state index in [-0.39, 0.29) is 16.9 Å². The van der Waals surface area contributed by atoms with Crippen molar-refractivity contribution < 1.29 is 4.92 Å². The number of nitrogen functional groups attached to an aromatic ring is 1. The monoisotopic (exact) mass is 164 g/mol. The van der Waals surface area contributed by atoms with E-state index in [1.807, 2.05) is 0 Å². The highest BCUT2D eigenvalue weighted by Gasteiger charge is 2.14. The zero-order valence-electron chi connectivity index (χ0n) is 5.89. The van der Waals surface area contributed by atoms with Gasteiger partial charge in [-0.1, -0.05) is 0 Å². The van der Waals surface area contributed by atoms with Crippen LogP contribution in [-0.4, -0.2) is 9.91 Å². The molecule has 0 fully saturated rings. The lowest BCUT2D eigenvalue weighted by atomic mass is 10.2. The molecule has 0 aromatic carbocycles. The third-order valence-corrected chi connectivity index (χ3v) is 1.28. The lowest BCUT2D eigenvalue weighted by Gasteiger charge is -1.96. The molecule has 1 aromatic rings. The zero-order chi connectivity index (χ0) is 9.14. The molecule has 0 aliphatic rings. The maximum absolute atomic E-state index is 10.3. The van der Waals surface area contributed by atoms with Crippen molar-refractivity contribution in [3.05, 3.63) is 28.1 Å². The van der Waals surface area contributed by atoms with Crippen LogP contribution >= 0.6 is 0 Å². The Morgan fingerprint density at radius 1 is 1.67 bits per heavy atom. The van der Waals surface area contributed by atoms with E-state index in [2.05, 4.69) is 4.98 Å². The number of nitro groups is 1. The van der Waals surface area contributed by atoms with Crippen LogP contribution in [0.5, 0.6) is 0 Å². The zero-order valence-corrected chi connectivity index (χ0v) is 5.89. The molecule has 0 unspecified atom stereocenters. The average molecular weight is 164 g/mol. The Hall–Kier alpha value is -2.16. The van der Waals surface area contributed by atoms with Crippen LogP contribution in [0.15, 0.2) is 12.4 Å². The Morgan fingerprint density at radius 3 is 2.83 bits per heavy atom. The molecule has 0 atom stereocenters. The number of hydrogen-bond acceptors (Lipinski definition) is 5. The van der Waals surface area contributed by atoms with Crippen LogP contribution in [0.1, 0.15) is 5.56 Å². The standard InChI is InChI=1S/C6H4N4O2/c7-1-4-2-9-3-5(6(4)8)10(11)12/h2-3H,(H2,8,9). The van der Waals surface area contributed by atoms with Gasteiger partial charge in [0.05, 0.1) is 4.92 Å². The Kier molecular flexibility index (Phi) is 1.88. The third-order valence-electron chi connectivity index (χ3n) is 1.28. The lowest BCUT2D eigenvalue weighted by molar-refractivity contribution is -0.384. The first kappa shape index (κ1) is 7.94. The number of anilines is 1. The van der Waals surface area contributed by atoms with Crippen molar-refractivity contribution in [2.75, 3.05) is 5.73 Å². The van der Waals surface area contributed by atoms with Gasteiger partial charge in [0.1, 0.15) is 23.5 Å². The van der Waals surface area contributed by atoms with Crippen molar-refractivity contribution in [1.29, 1.82) is 5.26 Å². The summed E-state index contributed by atoms with van der Waals surface area (Å²) in [6.07, 6.45) is 2.19. The van der Waals surface area contributed by atoms with Crippen molar-refractivity contribution in [2.24, 2.45) is 0 Å². The molecule has 0 aliphatic heterocycles. The van der Waals surface area contributed by atoms with Gasteiger partial charge in [0.15, 0.2) is 0 Å². The Balaban J connectivity index is 3.35. The van der Waals surface area contributed by atoms with Crippen molar-refractivity contribution in [3.8, 4) is 6.07 Å². The van der Waals surface area contributed by atoms with Crippen molar-refractivity contribution >= 4 is 11.4 Å². The molecule has 2 N–H and O–H groups in total. The molecule has 0 aliphatic carbocycles. The van der Waals surface area contributed by atoms with Crippen LogP contribution in [0.25, 0.3) is 0 Å². The highest BCUT2D eigenvalue weighted by molar-refractivity contribution is 5.65. The molecule has 12 heavy (non-hydrogen) atoms. The number of rotatable bonds is 1. The number of nitriles is 1. The summed E-state index contributed by atoms with van der Waals surface area (Å²) in [6.45, 7) is 0. The predicted molar refractivity (Wildman–Crippen MR) is 40.0 cm³/mol. The summed E-state index contributed by atoms with van der Waals surface area (Å²) in [7, 11) is 0. The molecule has 1 aromatic heterocycles. The average Bonchev–Trinajstić information content (AvgIpc) is 2.04. The van der Waals surface area contributed by atoms with E-state index < -0.39 is 4.92 Å². The molecule has 60 valence electrons. The number of aromatic nitrogens is 1. The molecule has 0 saturated heterocycles. The summed E-state index contributed by atoms with van der Waals surface area (Å²) >= 11 is 0. The highest BCUT2D eigenvalue weighted by Crippen LogP contribution is 2.21. The quantitative estimate of drug-likeness (QED) is 0.478. The van der Waals surface area contributed by atoms with Crippen LogP contribution < -0.4 is 5.73 Å². The summed E-state index contributed by atoms with van der Waals surface area (Å²) in [4.78, 5) is 13.1. The fourth-order valence-electron chi connectivity index (χ4n) is 0.694. The van der Waals surface area contributed by atoms with Crippen LogP contribution in [0, 0.1) is 21.4 Å². The van der Waals surface area contributed by atoms with Gasteiger partial charge in [0, 0.05) is 6.20 Å². The van der Waals surface area contributed by atoms with Crippen LogP contribution in [0.2, 0.25) is 0 Å². The normalized spacial score (nSPS) is 8.92. The molecule has 6 heteroatoms. The maximum atomic E-state index is 10.3. The van der Waals surface area contributed by atoms with E-state index in [0.717, 1.165) is 6.20 Å². The first-order chi connectivity index (χ1) is 5.66. The highest BCUT2D eigenvalue weighted by atomic mass is 16.6. The van der Waals surface area contributed by atoms with E-state index in [1.54, 1.807) is 6.07 Å². The van der Waals surface area contributed by atoms with E-state index >= 15 is 0 Å². The second-order valence-electron chi connectivity index (χ2n) is 1.99.